The summed E-state index contributed by atoms with van der Waals surface area (Å²) < 4.78 is 25.4. The standard InChI is InChI=1S/C32H36N4O5/c1-38-27-17-21-16-26-25-18-23(20-10-6-5-7-11-20)30(41-4)29(40-3)22(25)12-14-36(26)31(24(21)19-28(27)39-2)35-32(33)34-13-8-9-15-37/h5-7,10-11,16-19,37H,8-9,12-15H2,1-4H3,(H2,33,34)/p+1. The third-order valence-electron chi connectivity index (χ3n) is 7.45. The number of benzene rings is 3. The molecule has 1 aliphatic rings. The highest BCUT2D eigenvalue weighted by Crippen LogP contribution is 2.47. The van der Waals surface area contributed by atoms with Gasteiger partial charge in [0.1, 0.15) is 5.69 Å². The van der Waals surface area contributed by atoms with Crippen LogP contribution in [0.25, 0.3) is 33.2 Å². The van der Waals surface area contributed by atoms with Gasteiger partial charge in [0.15, 0.2) is 23.0 Å². The fourth-order valence-corrected chi connectivity index (χ4v) is 5.51. The molecule has 0 saturated heterocycles. The van der Waals surface area contributed by atoms with E-state index in [-0.39, 0.29) is 6.61 Å². The average Bonchev–Trinajstić information content (AvgIpc) is 3.01. The van der Waals surface area contributed by atoms with Gasteiger partial charge in [0.05, 0.1) is 40.4 Å². The van der Waals surface area contributed by atoms with Crippen LogP contribution in [0.5, 0.6) is 23.0 Å². The summed E-state index contributed by atoms with van der Waals surface area (Å²) in [5.41, 5.74) is 11.5. The Morgan fingerprint density at radius 3 is 2.32 bits per heavy atom. The molecular weight excluding hydrogens is 520 g/mol. The quantitative estimate of drug-likeness (QED) is 0.114. The Morgan fingerprint density at radius 1 is 0.902 bits per heavy atom. The minimum atomic E-state index is 0.135. The van der Waals surface area contributed by atoms with Crippen molar-refractivity contribution in [2.24, 2.45) is 10.7 Å². The smallest absolute Gasteiger partial charge is 0.290 e. The first-order valence-corrected chi connectivity index (χ1v) is 13.7. The molecule has 4 N–H and O–H groups in total. The Hall–Kier alpha value is -4.50. The number of nitrogens with zero attached hydrogens (tertiary/aromatic N) is 2. The molecule has 9 nitrogen and oxygen atoms in total. The summed E-state index contributed by atoms with van der Waals surface area (Å²) in [5.74, 6) is 3.83. The van der Waals surface area contributed by atoms with Crippen molar-refractivity contribution >= 4 is 22.5 Å². The second kappa shape index (κ2) is 12.3. The number of fused-ring (bicyclic) bond motifs is 4. The number of aliphatic hydroxyl groups is 1. The van der Waals surface area contributed by atoms with Gasteiger partial charge in [-0.15, -0.1) is 0 Å². The number of hydrogen-bond acceptors (Lipinski definition) is 6. The number of unbranched alkanes of at least 4 members (excludes halogenated alkanes) is 1. The van der Waals surface area contributed by atoms with E-state index < -0.39 is 0 Å². The van der Waals surface area contributed by atoms with Crippen LogP contribution in [0.4, 0.5) is 5.82 Å². The average molecular weight is 558 g/mol. The van der Waals surface area contributed by atoms with Gasteiger partial charge in [-0.1, -0.05) is 30.3 Å². The molecule has 3 aromatic carbocycles. The van der Waals surface area contributed by atoms with Gasteiger partial charge in [0.25, 0.3) is 11.8 Å². The van der Waals surface area contributed by atoms with Crippen molar-refractivity contribution in [3.05, 3.63) is 60.2 Å². The normalized spacial score (nSPS) is 12.5. The van der Waals surface area contributed by atoms with E-state index in [1.54, 1.807) is 28.4 Å². The molecule has 5 rings (SSSR count). The van der Waals surface area contributed by atoms with Crippen molar-refractivity contribution in [3.63, 3.8) is 0 Å². The highest BCUT2D eigenvalue weighted by atomic mass is 16.5. The molecule has 41 heavy (non-hydrogen) atoms. The molecule has 0 aliphatic carbocycles. The number of aliphatic hydroxyl groups excluding tert-OH is 1. The number of rotatable bonds is 10. The number of aliphatic imine (C=N–C) groups is 1. The van der Waals surface area contributed by atoms with Crippen molar-refractivity contribution in [2.75, 3.05) is 46.9 Å². The number of aromatic nitrogens is 1. The van der Waals surface area contributed by atoms with Crippen molar-refractivity contribution < 1.29 is 28.6 Å². The Balaban J connectivity index is 1.77. The van der Waals surface area contributed by atoms with E-state index in [9.17, 15) is 0 Å². The molecule has 0 radical (unpaired) electrons. The van der Waals surface area contributed by atoms with E-state index >= 15 is 0 Å². The minimum Gasteiger partial charge on any atom is -0.493 e. The van der Waals surface area contributed by atoms with Crippen molar-refractivity contribution in [2.45, 2.75) is 25.8 Å². The lowest BCUT2D eigenvalue weighted by Gasteiger charge is -2.26. The zero-order valence-electron chi connectivity index (χ0n) is 24.0. The number of nitrogens with one attached hydrogen (secondary N) is 1. The van der Waals surface area contributed by atoms with Crippen molar-refractivity contribution in [1.82, 2.24) is 0 Å². The highest BCUT2D eigenvalue weighted by molar-refractivity contribution is 6.02. The number of hydrogen-bond donors (Lipinski definition) is 3. The van der Waals surface area contributed by atoms with Gasteiger partial charge >= 0.3 is 0 Å². The molecule has 0 saturated carbocycles. The lowest BCUT2D eigenvalue weighted by atomic mass is 9.90. The second-order valence-electron chi connectivity index (χ2n) is 9.78. The van der Waals surface area contributed by atoms with Crippen LogP contribution in [0.15, 0.2) is 59.6 Å². The lowest BCUT2D eigenvalue weighted by molar-refractivity contribution is -0.672. The summed E-state index contributed by atoms with van der Waals surface area (Å²) in [6.45, 7) is 1.33. The summed E-state index contributed by atoms with van der Waals surface area (Å²) in [4.78, 5) is 4.50. The van der Waals surface area contributed by atoms with Crippen LogP contribution in [0.1, 0.15) is 18.4 Å². The first-order chi connectivity index (χ1) is 20.0. The Morgan fingerprint density at radius 2 is 1.63 bits per heavy atom. The fourth-order valence-electron chi connectivity index (χ4n) is 5.51. The summed E-state index contributed by atoms with van der Waals surface area (Å²) in [6.07, 6.45) is 2.16. The zero-order chi connectivity index (χ0) is 28.9. The molecule has 0 amide bonds. The zero-order valence-corrected chi connectivity index (χ0v) is 24.0. The van der Waals surface area contributed by atoms with Gasteiger partial charge in [0, 0.05) is 42.3 Å². The van der Waals surface area contributed by atoms with Crippen LogP contribution in [0.2, 0.25) is 0 Å². The Labute approximate surface area is 240 Å². The van der Waals surface area contributed by atoms with Crippen LogP contribution in [0, 0.1) is 0 Å². The van der Waals surface area contributed by atoms with Gasteiger partial charge < -0.3 is 29.8 Å². The molecule has 0 spiro atoms. The molecule has 0 fully saturated rings. The van der Waals surface area contributed by atoms with Crippen LogP contribution in [-0.4, -0.2) is 52.7 Å². The van der Waals surface area contributed by atoms with Crippen LogP contribution < -0.4 is 34.6 Å². The summed E-state index contributed by atoms with van der Waals surface area (Å²) in [6, 6.07) is 18.4. The van der Waals surface area contributed by atoms with Crippen LogP contribution >= 0.6 is 0 Å². The first-order valence-electron chi connectivity index (χ1n) is 13.7. The van der Waals surface area contributed by atoms with Gasteiger partial charge in [-0.05, 0) is 42.0 Å². The third kappa shape index (κ3) is 5.32. The molecule has 0 bridgehead atoms. The van der Waals surface area contributed by atoms with Gasteiger partial charge in [0.2, 0.25) is 0 Å². The maximum atomic E-state index is 9.11. The molecular formula is C32H37N4O5+. The SMILES string of the molecule is COc1cc2cc3[n+](c(NC(N)=NCCCCO)c2cc1OC)CCc1c-3cc(-c2ccccc2)c(OC)c1OC. The number of pyridine rings is 1. The molecule has 0 unspecified atom stereocenters. The largest absolute Gasteiger partial charge is 0.493 e. The summed E-state index contributed by atoms with van der Waals surface area (Å²) in [5, 5.41) is 14.4. The molecule has 0 atom stereocenters. The molecule has 4 aromatic rings. The number of methoxy groups -OCH3 is 4. The number of anilines is 1. The molecule has 9 heteroatoms. The maximum Gasteiger partial charge on any atom is 0.290 e. The third-order valence-corrected chi connectivity index (χ3v) is 7.45. The van der Waals surface area contributed by atoms with Gasteiger partial charge in [-0.3, -0.25) is 0 Å². The maximum absolute atomic E-state index is 9.11. The Bertz CT molecular complexity index is 1590. The lowest BCUT2D eigenvalue weighted by Crippen LogP contribution is -2.45. The second-order valence-corrected chi connectivity index (χ2v) is 9.78. The molecule has 2 heterocycles. The van der Waals surface area contributed by atoms with Crippen molar-refractivity contribution in [1.29, 1.82) is 0 Å². The van der Waals surface area contributed by atoms with E-state index in [4.69, 9.17) is 29.8 Å². The van der Waals surface area contributed by atoms with Gasteiger partial charge in [-0.25, -0.2) is 14.9 Å². The van der Waals surface area contributed by atoms with Crippen LogP contribution in [0.3, 0.4) is 0 Å². The van der Waals surface area contributed by atoms with E-state index in [0.717, 1.165) is 68.9 Å². The van der Waals surface area contributed by atoms with Gasteiger partial charge in [-0.2, -0.15) is 0 Å². The minimum absolute atomic E-state index is 0.135. The van der Waals surface area contributed by atoms with E-state index in [2.05, 4.69) is 39.1 Å². The van der Waals surface area contributed by atoms with Crippen molar-refractivity contribution in [3.8, 4) is 45.4 Å². The topological polar surface area (TPSA) is 111 Å². The Kier molecular flexibility index (Phi) is 8.45. The van der Waals surface area contributed by atoms with Crippen LogP contribution in [-0.2, 0) is 13.0 Å². The highest BCUT2D eigenvalue weighted by Gasteiger charge is 2.32. The summed E-state index contributed by atoms with van der Waals surface area (Å²) in [7, 11) is 6.63. The van der Waals surface area contributed by atoms with E-state index in [1.165, 1.54) is 0 Å². The summed E-state index contributed by atoms with van der Waals surface area (Å²) >= 11 is 0. The first kappa shape index (κ1) is 28.0. The van der Waals surface area contributed by atoms with E-state index in [0.29, 0.717) is 37.0 Å². The number of nitrogens with two attached hydrogens (primary N) is 1. The molecule has 1 aromatic heterocycles. The predicted octanol–water partition coefficient (Wildman–Crippen LogP) is 4.55. The number of guanidine groups is 1. The van der Waals surface area contributed by atoms with E-state index in [1.807, 2.05) is 30.3 Å². The fraction of sp³-hybridized carbons (Fsp3) is 0.312. The molecule has 214 valence electrons. The predicted molar refractivity (Wildman–Crippen MR) is 161 cm³/mol. The molecule has 1 aliphatic heterocycles. The number of ether oxygens (including phenoxy) is 4. The monoisotopic (exact) mass is 557 g/mol.